The van der Waals surface area contributed by atoms with E-state index in [0.717, 1.165) is 0 Å². The van der Waals surface area contributed by atoms with Crippen molar-refractivity contribution >= 4 is 51.6 Å². The lowest BCUT2D eigenvalue weighted by Gasteiger charge is -2.04. The number of halogens is 3. The summed E-state index contributed by atoms with van der Waals surface area (Å²) in [4.78, 5) is 10.2. The van der Waals surface area contributed by atoms with E-state index in [9.17, 15) is 9.00 Å². The van der Waals surface area contributed by atoms with Gasteiger partial charge in [0.2, 0.25) is 0 Å². The number of aliphatic carboxylic acids is 1. The van der Waals surface area contributed by atoms with E-state index in [1.807, 2.05) is 0 Å². The molecule has 0 aromatic carbocycles. The Kier molecular flexibility index (Phi) is 5.91. The summed E-state index contributed by atoms with van der Waals surface area (Å²) in [5, 5.41) is 8.37. The number of rotatable bonds is 4. The van der Waals surface area contributed by atoms with E-state index >= 15 is 0 Å². The van der Waals surface area contributed by atoms with Gasteiger partial charge in [0.15, 0.2) is 0 Å². The van der Waals surface area contributed by atoms with Gasteiger partial charge in [0, 0.05) is 0 Å². The molecule has 2 atom stereocenters. The molecule has 0 aromatic heterocycles. The number of carboxylic acid groups (broad SMARTS) is 1. The van der Waals surface area contributed by atoms with Crippen LogP contribution in [0.25, 0.3) is 0 Å². The highest BCUT2D eigenvalue weighted by molar-refractivity contribution is 7.90. The molecular formula is C5H6Cl3NO3S. The molecule has 3 N–H and O–H groups in total. The molecule has 13 heavy (non-hydrogen) atoms. The fourth-order valence-electron chi connectivity index (χ4n) is 0.394. The summed E-state index contributed by atoms with van der Waals surface area (Å²) in [5.74, 6) is -1.58. The van der Waals surface area contributed by atoms with Gasteiger partial charge < -0.3 is 10.8 Å². The molecule has 0 rings (SSSR count). The fourth-order valence-corrected chi connectivity index (χ4v) is 1.89. The van der Waals surface area contributed by atoms with Crippen molar-refractivity contribution < 1.29 is 14.1 Å². The Balaban J connectivity index is 4.33. The lowest BCUT2D eigenvalue weighted by Crippen LogP contribution is -2.35. The van der Waals surface area contributed by atoms with Crippen LogP contribution in [0.1, 0.15) is 0 Å². The molecule has 0 heterocycles. The second kappa shape index (κ2) is 5.82. The molecule has 0 aliphatic rings. The average Bonchev–Trinajstić information content (AvgIpc) is 2.02. The van der Waals surface area contributed by atoms with E-state index in [1.165, 1.54) is 0 Å². The molecule has 0 aromatic rings. The summed E-state index contributed by atoms with van der Waals surface area (Å²) in [6, 6.07) is -1.25. The van der Waals surface area contributed by atoms with Crippen molar-refractivity contribution in [1.29, 1.82) is 0 Å². The molecule has 0 saturated heterocycles. The normalized spacial score (nSPS) is 14.8. The van der Waals surface area contributed by atoms with Gasteiger partial charge in [-0.15, -0.1) is 0 Å². The third kappa shape index (κ3) is 4.83. The molecule has 0 saturated carbocycles. The van der Waals surface area contributed by atoms with Gasteiger partial charge in [-0.2, -0.15) is 0 Å². The first-order valence-corrected chi connectivity index (χ1v) is 5.39. The topological polar surface area (TPSA) is 80.4 Å². The first kappa shape index (κ1) is 13.2. The van der Waals surface area contributed by atoms with Crippen molar-refractivity contribution in [3.8, 4) is 0 Å². The maximum Gasteiger partial charge on any atom is 0.321 e. The summed E-state index contributed by atoms with van der Waals surface area (Å²) in [7, 11) is -1.77. The highest BCUT2D eigenvalue weighted by Crippen LogP contribution is 2.21. The van der Waals surface area contributed by atoms with E-state index in [4.69, 9.17) is 45.6 Å². The van der Waals surface area contributed by atoms with Crippen molar-refractivity contribution in [2.75, 3.05) is 5.75 Å². The quantitative estimate of drug-likeness (QED) is 0.795. The largest absolute Gasteiger partial charge is 0.480 e. The number of carboxylic acids is 1. The summed E-state index contributed by atoms with van der Waals surface area (Å²) >= 11 is 15.8. The standard InChI is InChI=1S/C5H6Cl3NO3S/c6-3(7)4(8)13(12)1-2(9)5(10)11/h2H,1,9H2,(H,10,11)/t2-,13-/m0/s1. The second-order valence-corrected chi connectivity index (χ2v) is 4.98. The third-order valence-corrected chi connectivity index (χ3v) is 3.76. The first-order valence-electron chi connectivity index (χ1n) is 2.93. The Labute approximate surface area is 92.1 Å². The van der Waals surface area contributed by atoms with Gasteiger partial charge in [0.25, 0.3) is 0 Å². The van der Waals surface area contributed by atoms with Crippen molar-refractivity contribution in [1.82, 2.24) is 0 Å². The number of carbonyl (C=O) groups is 1. The van der Waals surface area contributed by atoms with Crippen LogP contribution in [0.15, 0.2) is 8.86 Å². The van der Waals surface area contributed by atoms with Crippen LogP contribution in [-0.4, -0.2) is 27.1 Å². The summed E-state index contributed by atoms with van der Waals surface area (Å²) < 4.78 is 10.5. The SMILES string of the molecule is N[C@@H](C[S@](=O)C(Cl)=C(Cl)Cl)C(=O)O. The maximum atomic E-state index is 11.1. The van der Waals surface area contributed by atoms with Crippen LogP contribution in [0.4, 0.5) is 0 Å². The zero-order chi connectivity index (χ0) is 10.6. The molecule has 0 radical (unpaired) electrons. The van der Waals surface area contributed by atoms with Crippen LogP contribution in [0.5, 0.6) is 0 Å². The molecular weight excluding hydrogens is 260 g/mol. The zero-order valence-corrected chi connectivity index (χ0v) is 9.25. The molecule has 0 amide bonds. The minimum Gasteiger partial charge on any atom is -0.480 e. The average molecular weight is 267 g/mol. The summed E-state index contributed by atoms with van der Waals surface area (Å²) in [6.45, 7) is 0. The third-order valence-electron chi connectivity index (χ3n) is 0.997. The van der Waals surface area contributed by atoms with Crippen molar-refractivity contribution in [3.63, 3.8) is 0 Å². The predicted octanol–water partition coefficient (Wildman–Crippen LogP) is 0.990. The lowest BCUT2D eigenvalue weighted by molar-refractivity contribution is -0.137. The smallest absolute Gasteiger partial charge is 0.321 e. The summed E-state index contributed by atoms with van der Waals surface area (Å²) in [6.07, 6.45) is 0. The lowest BCUT2D eigenvalue weighted by atomic mass is 10.4. The fraction of sp³-hybridized carbons (Fsp3) is 0.400. The van der Waals surface area contributed by atoms with Crippen LogP contribution >= 0.6 is 34.8 Å². The molecule has 0 bridgehead atoms. The van der Waals surface area contributed by atoms with E-state index in [2.05, 4.69) is 0 Å². The zero-order valence-electron chi connectivity index (χ0n) is 6.17. The molecule has 0 fully saturated rings. The van der Waals surface area contributed by atoms with Crippen LogP contribution in [0.3, 0.4) is 0 Å². The number of hydrogen-bond donors (Lipinski definition) is 2. The summed E-state index contributed by atoms with van der Waals surface area (Å²) in [5.41, 5.74) is 5.10. The highest BCUT2D eigenvalue weighted by atomic mass is 35.5. The molecule has 0 spiro atoms. The van der Waals surface area contributed by atoms with Gasteiger partial charge in [0.1, 0.15) is 14.9 Å². The van der Waals surface area contributed by atoms with Crippen LogP contribution in [0, 0.1) is 0 Å². The van der Waals surface area contributed by atoms with E-state index in [-0.39, 0.29) is 14.6 Å². The van der Waals surface area contributed by atoms with E-state index in [0.29, 0.717) is 0 Å². The molecule has 8 heteroatoms. The maximum absolute atomic E-state index is 11.1. The highest BCUT2D eigenvalue weighted by Gasteiger charge is 2.18. The van der Waals surface area contributed by atoms with Crippen molar-refractivity contribution in [3.05, 3.63) is 8.86 Å². The van der Waals surface area contributed by atoms with E-state index in [1.54, 1.807) is 0 Å². The van der Waals surface area contributed by atoms with Gasteiger partial charge >= 0.3 is 5.97 Å². The van der Waals surface area contributed by atoms with Crippen LogP contribution in [0.2, 0.25) is 0 Å². The van der Waals surface area contributed by atoms with Gasteiger partial charge in [0.05, 0.1) is 16.6 Å². The molecule has 4 nitrogen and oxygen atoms in total. The first-order chi connectivity index (χ1) is 5.86. The minimum atomic E-state index is -1.77. The Morgan fingerprint density at radius 2 is 1.92 bits per heavy atom. The number of nitrogens with two attached hydrogens (primary N) is 1. The van der Waals surface area contributed by atoms with Gasteiger partial charge in [-0.1, -0.05) is 34.8 Å². The Morgan fingerprint density at radius 1 is 1.46 bits per heavy atom. The minimum absolute atomic E-state index is 0.292. The van der Waals surface area contributed by atoms with Gasteiger partial charge in [-0.3, -0.25) is 9.00 Å². The predicted molar refractivity (Wildman–Crippen MR) is 53.2 cm³/mol. The Morgan fingerprint density at radius 3 is 2.23 bits per heavy atom. The Hall–Kier alpha value is 0.190. The van der Waals surface area contributed by atoms with E-state index < -0.39 is 22.8 Å². The molecule has 0 aliphatic heterocycles. The van der Waals surface area contributed by atoms with Gasteiger partial charge in [-0.25, -0.2) is 0 Å². The number of hydrogen-bond acceptors (Lipinski definition) is 3. The van der Waals surface area contributed by atoms with Crippen molar-refractivity contribution in [2.45, 2.75) is 6.04 Å². The molecule has 0 unspecified atom stereocenters. The molecule has 0 aliphatic carbocycles. The molecule has 76 valence electrons. The van der Waals surface area contributed by atoms with Crippen molar-refractivity contribution in [2.24, 2.45) is 5.73 Å². The monoisotopic (exact) mass is 265 g/mol. The Bertz CT molecular complexity index is 264. The van der Waals surface area contributed by atoms with Crippen LogP contribution < -0.4 is 5.73 Å². The van der Waals surface area contributed by atoms with Gasteiger partial charge in [-0.05, 0) is 0 Å². The second-order valence-electron chi connectivity index (χ2n) is 1.99. The van der Waals surface area contributed by atoms with Crippen LogP contribution in [-0.2, 0) is 15.6 Å².